The summed E-state index contributed by atoms with van der Waals surface area (Å²) in [5.41, 5.74) is 0.509. The fraction of sp³-hybridized carbons (Fsp3) is 0.467. The van der Waals surface area contributed by atoms with Gasteiger partial charge < -0.3 is 10.4 Å². The monoisotopic (exact) mass is 293 g/mol. The second-order valence-electron chi connectivity index (χ2n) is 5.50. The van der Waals surface area contributed by atoms with Gasteiger partial charge >= 0.3 is 5.97 Å². The molecule has 1 atom stereocenters. The Morgan fingerprint density at radius 3 is 2.45 bits per heavy atom. The number of carbonyl (C=O) groups excluding carboxylic acids is 1. The zero-order valence-electron chi connectivity index (χ0n) is 11.7. The van der Waals surface area contributed by atoms with E-state index in [1.165, 1.54) is 0 Å². The number of hydrogen-bond donors (Lipinski definition) is 2. The highest BCUT2D eigenvalue weighted by atomic mass is 32.2. The summed E-state index contributed by atoms with van der Waals surface area (Å²) in [4.78, 5) is 23.2. The minimum absolute atomic E-state index is 0.0396. The van der Waals surface area contributed by atoms with E-state index in [1.807, 2.05) is 0 Å². The summed E-state index contributed by atoms with van der Waals surface area (Å²) in [5.74, 6) is 0.221. The Labute approximate surface area is 123 Å². The summed E-state index contributed by atoms with van der Waals surface area (Å²) < 4.78 is 0. The van der Waals surface area contributed by atoms with Crippen molar-refractivity contribution in [3.05, 3.63) is 29.8 Å². The second kappa shape index (κ2) is 5.87. The predicted molar refractivity (Wildman–Crippen MR) is 81.2 cm³/mol. The Kier molecular flexibility index (Phi) is 4.38. The van der Waals surface area contributed by atoms with Crippen LogP contribution in [0.25, 0.3) is 0 Å². The molecule has 1 saturated heterocycles. The van der Waals surface area contributed by atoms with Crippen molar-refractivity contribution in [1.29, 1.82) is 0 Å². The number of carbonyl (C=O) groups is 2. The zero-order chi connectivity index (χ0) is 14.8. The van der Waals surface area contributed by atoms with E-state index in [0.29, 0.717) is 5.69 Å². The standard InChI is InChI=1S/C15H19NO3S/c1-15(2,14(18)19)10-5-7-11(8-6-10)16-13(17)12-4-3-9-20-12/h5-8,12H,3-4,9H2,1-2H3,(H,16,17)(H,18,19). The molecule has 20 heavy (non-hydrogen) atoms. The highest BCUT2D eigenvalue weighted by molar-refractivity contribution is 8.00. The van der Waals surface area contributed by atoms with Crippen LogP contribution >= 0.6 is 11.8 Å². The van der Waals surface area contributed by atoms with Crippen molar-refractivity contribution in [1.82, 2.24) is 0 Å². The number of rotatable bonds is 4. The summed E-state index contributed by atoms with van der Waals surface area (Å²) >= 11 is 1.69. The first-order valence-corrected chi connectivity index (χ1v) is 7.72. The zero-order valence-corrected chi connectivity index (χ0v) is 12.5. The molecule has 1 aromatic rings. The van der Waals surface area contributed by atoms with Crippen molar-refractivity contribution in [2.45, 2.75) is 37.4 Å². The number of thioether (sulfide) groups is 1. The lowest BCUT2D eigenvalue weighted by molar-refractivity contribution is -0.142. The molecule has 1 aliphatic rings. The normalized spacial score (nSPS) is 18.8. The van der Waals surface area contributed by atoms with Gasteiger partial charge in [0.15, 0.2) is 0 Å². The van der Waals surface area contributed by atoms with Crippen molar-refractivity contribution in [3.63, 3.8) is 0 Å². The van der Waals surface area contributed by atoms with Crippen LogP contribution in [0.5, 0.6) is 0 Å². The van der Waals surface area contributed by atoms with E-state index in [-0.39, 0.29) is 11.2 Å². The number of benzene rings is 1. The molecular weight excluding hydrogens is 274 g/mol. The van der Waals surface area contributed by atoms with Crippen molar-refractivity contribution in [3.8, 4) is 0 Å². The molecule has 0 bridgehead atoms. The van der Waals surface area contributed by atoms with Gasteiger partial charge in [-0.05, 0) is 50.1 Å². The molecule has 0 radical (unpaired) electrons. The number of carboxylic acids is 1. The molecule has 0 saturated carbocycles. The summed E-state index contributed by atoms with van der Waals surface area (Å²) in [6.45, 7) is 3.33. The third kappa shape index (κ3) is 3.15. The topological polar surface area (TPSA) is 66.4 Å². The Morgan fingerprint density at radius 1 is 1.30 bits per heavy atom. The lowest BCUT2D eigenvalue weighted by atomic mass is 9.85. The summed E-state index contributed by atoms with van der Waals surface area (Å²) in [7, 11) is 0. The smallest absolute Gasteiger partial charge is 0.313 e. The number of nitrogens with one attached hydrogen (secondary N) is 1. The van der Waals surface area contributed by atoms with Gasteiger partial charge in [0.1, 0.15) is 0 Å². The van der Waals surface area contributed by atoms with Crippen LogP contribution in [0.4, 0.5) is 5.69 Å². The van der Waals surface area contributed by atoms with Crippen LogP contribution < -0.4 is 5.32 Å². The lowest BCUT2D eigenvalue weighted by Gasteiger charge is -2.20. The van der Waals surface area contributed by atoms with E-state index < -0.39 is 11.4 Å². The van der Waals surface area contributed by atoms with E-state index in [4.69, 9.17) is 0 Å². The van der Waals surface area contributed by atoms with Gasteiger partial charge in [0.25, 0.3) is 0 Å². The van der Waals surface area contributed by atoms with Gasteiger partial charge in [0.05, 0.1) is 10.7 Å². The van der Waals surface area contributed by atoms with Crippen LogP contribution in [0.15, 0.2) is 24.3 Å². The Hall–Kier alpha value is -1.49. The molecule has 1 amide bonds. The number of carboxylic acid groups (broad SMARTS) is 1. The lowest BCUT2D eigenvalue weighted by Crippen LogP contribution is -2.28. The van der Waals surface area contributed by atoms with Crippen molar-refractivity contribution in [2.24, 2.45) is 0 Å². The molecule has 0 aromatic heterocycles. The molecule has 2 N–H and O–H groups in total. The third-order valence-electron chi connectivity index (χ3n) is 3.63. The van der Waals surface area contributed by atoms with Crippen LogP contribution in [0.3, 0.4) is 0 Å². The van der Waals surface area contributed by atoms with E-state index in [0.717, 1.165) is 24.2 Å². The molecule has 2 rings (SSSR count). The molecule has 1 aliphatic heterocycles. The van der Waals surface area contributed by atoms with Gasteiger partial charge in [-0.2, -0.15) is 0 Å². The maximum absolute atomic E-state index is 12.0. The molecular formula is C15H19NO3S. The van der Waals surface area contributed by atoms with Gasteiger partial charge in [0.2, 0.25) is 5.91 Å². The minimum atomic E-state index is -0.927. The van der Waals surface area contributed by atoms with E-state index >= 15 is 0 Å². The first-order valence-electron chi connectivity index (χ1n) is 6.67. The third-order valence-corrected chi connectivity index (χ3v) is 5.01. The number of hydrogen-bond acceptors (Lipinski definition) is 3. The van der Waals surface area contributed by atoms with Gasteiger partial charge in [-0.25, -0.2) is 0 Å². The Balaban J connectivity index is 2.05. The first kappa shape index (κ1) is 14.9. The molecule has 1 heterocycles. The summed E-state index contributed by atoms with van der Waals surface area (Å²) in [6.07, 6.45) is 2.02. The fourth-order valence-electron chi connectivity index (χ4n) is 2.10. The number of aliphatic carboxylic acids is 1. The molecule has 1 aromatic carbocycles. The van der Waals surface area contributed by atoms with E-state index in [2.05, 4.69) is 5.32 Å². The van der Waals surface area contributed by atoms with Gasteiger partial charge in [0, 0.05) is 5.69 Å². The summed E-state index contributed by atoms with van der Waals surface area (Å²) in [6, 6.07) is 7.03. The Bertz CT molecular complexity index is 504. The largest absolute Gasteiger partial charge is 0.481 e. The van der Waals surface area contributed by atoms with E-state index in [1.54, 1.807) is 49.9 Å². The molecule has 1 unspecified atom stereocenters. The SMILES string of the molecule is CC(C)(C(=O)O)c1ccc(NC(=O)C2CCCS2)cc1. The molecule has 4 nitrogen and oxygen atoms in total. The quantitative estimate of drug-likeness (QED) is 0.896. The maximum atomic E-state index is 12.0. The van der Waals surface area contributed by atoms with Crippen LogP contribution in [-0.2, 0) is 15.0 Å². The number of amides is 1. The van der Waals surface area contributed by atoms with Gasteiger partial charge in [-0.3, -0.25) is 9.59 Å². The predicted octanol–water partition coefficient (Wildman–Crippen LogP) is 2.88. The highest BCUT2D eigenvalue weighted by Crippen LogP contribution is 2.28. The molecule has 5 heteroatoms. The summed E-state index contributed by atoms with van der Waals surface area (Å²) in [5, 5.41) is 12.1. The molecule has 0 spiro atoms. The minimum Gasteiger partial charge on any atom is -0.481 e. The fourth-order valence-corrected chi connectivity index (χ4v) is 3.26. The second-order valence-corrected chi connectivity index (χ2v) is 6.81. The van der Waals surface area contributed by atoms with Crippen molar-refractivity contribution >= 4 is 29.3 Å². The van der Waals surface area contributed by atoms with Gasteiger partial charge in [-0.1, -0.05) is 12.1 Å². The van der Waals surface area contributed by atoms with E-state index in [9.17, 15) is 14.7 Å². The van der Waals surface area contributed by atoms with Gasteiger partial charge in [-0.15, -0.1) is 11.8 Å². The van der Waals surface area contributed by atoms with Crippen LogP contribution in [0.1, 0.15) is 32.3 Å². The van der Waals surface area contributed by atoms with Crippen LogP contribution in [0, 0.1) is 0 Å². The first-order chi connectivity index (χ1) is 9.41. The van der Waals surface area contributed by atoms with Crippen LogP contribution in [-0.4, -0.2) is 28.0 Å². The Morgan fingerprint density at radius 2 is 1.95 bits per heavy atom. The average molecular weight is 293 g/mol. The van der Waals surface area contributed by atoms with Crippen molar-refractivity contribution in [2.75, 3.05) is 11.1 Å². The number of anilines is 1. The average Bonchev–Trinajstić information content (AvgIpc) is 2.93. The molecule has 0 aliphatic carbocycles. The van der Waals surface area contributed by atoms with Crippen LogP contribution in [0.2, 0.25) is 0 Å². The highest BCUT2D eigenvalue weighted by Gasteiger charge is 2.29. The maximum Gasteiger partial charge on any atom is 0.313 e. The van der Waals surface area contributed by atoms with Crippen molar-refractivity contribution < 1.29 is 14.7 Å². The molecule has 108 valence electrons. The molecule has 1 fully saturated rings.